The van der Waals surface area contributed by atoms with Crippen molar-refractivity contribution in [1.29, 1.82) is 0 Å². The standard InChI is InChI=1S/C16H25NO2/c1-4-12-9-7-8-10-14(12)19-15-11-13(17-5-2)16(15)18-6-3/h7-10,13,15-17H,4-6,11H2,1-3H3. The molecule has 1 N–H and O–H groups in total. The third-order valence-corrected chi connectivity index (χ3v) is 3.71. The van der Waals surface area contributed by atoms with E-state index in [-0.39, 0.29) is 12.2 Å². The molecule has 0 amide bonds. The topological polar surface area (TPSA) is 30.5 Å². The second kappa shape index (κ2) is 6.92. The fourth-order valence-electron chi connectivity index (χ4n) is 2.65. The average molecular weight is 263 g/mol. The molecule has 3 unspecified atom stereocenters. The summed E-state index contributed by atoms with van der Waals surface area (Å²) in [4.78, 5) is 0. The number of nitrogens with one attached hydrogen (secondary N) is 1. The summed E-state index contributed by atoms with van der Waals surface area (Å²) >= 11 is 0. The zero-order valence-electron chi connectivity index (χ0n) is 12.2. The smallest absolute Gasteiger partial charge is 0.128 e. The van der Waals surface area contributed by atoms with Gasteiger partial charge in [-0.25, -0.2) is 0 Å². The van der Waals surface area contributed by atoms with Crippen molar-refractivity contribution in [2.24, 2.45) is 0 Å². The van der Waals surface area contributed by atoms with E-state index < -0.39 is 0 Å². The van der Waals surface area contributed by atoms with E-state index in [1.165, 1.54) is 5.56 Å². The summed E-state index contributed by atoms with van der Waals surface area (Å²) in [6.07, 6.45) is 2.38. The average Bonchev–Trinajstić information content (AvgIpc) is 2.44. The maximum absolute atomic E-state index is 6.15. The van der Waals surface area contributed by atoms with Crippen LogP contribution in [0.5, 0.6) is 5.75 Å². The predicted molar refractivity (Wildman–Crippen MR) is 77.7 cm³/mol. The predicted octanol–water partition coefficient (Wildman–Crippen LogP) is 2.78. The Bertz CT molecular complexity index is 394. The summed E-state index contributed by atoms with van der Waals surface area (Å²) in [6, 6.07) is 8.72. The van der Waals surface area contributed by atoms with Crippen LogP contribution in [0.25, 0.3) is 0 Å². The Balaban J connectivity index is 1.99. The SMILES string of the molecule is CCNC1CC(Oc2ccccc2CC)C1OCC. The van der Waals surface area contributed by atoms with Crippen molar-refractivity contribution in [2.75, 3.05) is 13.2 Å². The minimum absolute atomic E-state index is 0.176. The minimum atomic E-state index is 0.176. The van der Waals surface area contributed by atoms with Crippen LogP contribution in [-0.2, 0) is 11.2 Å². The highest BCUT2D eigenvalue weighted by atomic mass is 16.5. The van der Waals surface area contributed by atoms with Gasteiger partial charge in [0.2, 0.25) is 0 Å². The molecule has 3 nitrogen and oxygen atoms in total. The Labute approximate surface area is 116 Å². The van der Waals surface area contributed by atoms with Gasteiger partial charge in [0.15, 0.2) is 0 Å². The summed E-state index contributed by atoms with van der Waals surface area (Å²) in [5.74, 6) is 1.01. The first-order valence-electron chi connectivity index (χ1n) is 7.39. The van der Waals surface area contributed by atoms with Crippen molar-refractivity contribution in [1.82, 2.24) is 5.32 Å². The monoisotopic (exact) mass is 263 g/mol. The number of para-hydroxylation sites is 1. The Morgan fingerprint density at radius 1 is 1.21 bits per heavy atom. The molecule has 0 radical (unpaired) electrons. The van der Waals surface area contributed by atoms with Crippen molar-refractivity contribution >= 4 is 0 Å². The Morgan fingerprint density at radius 3 is 2.68 bits per heavy atom. The van der Waals surface area contributed by atoms with Crippen LogP contribution in [-0.4, -0.2) is 31.4 Å². The first-order chi connectivity index (χ1) is 9.30. The van der Waals surface area contributed by atoms with Crippen LogP contribution in [0.4, 0.5) is 0 Å². The van der Waals surface area contributed by atoms with Gasteiger partial charge in [-0.15, -0.1) is 0 Å². The van der Waals surface area contributed by atoms with E-state index in [2.05, 4.69) is 37.4 Å². The highest BCUT2D eigenvalue weighted by molar-refractivity contribution is 5.33. The number of hydrogen-bond acceptors (Lipinski definition) is 3. The number of rotatable bonds is 7. The summed E-state index contributed by atoms with van der Waals surface area (Å²) in [6.45, 7) is 8.04. The third kappa shape index (κ3) is 3.28. The molecule has 3 heteroatoms. The number of hydrogen-bond donors (Lipinski definition) is 1. The van der Waals surface area contributed by atoms with Gasteiger partial charge in [0.05, 0.1) is 0 Å². The molecular formula is C16H25NO2. The van der Waals surface area contributed by atoms with Crippen LogP contribution in [0.15, 0.2) is 24.3 Å². The molecule has 0 spiro atoms. The van der Waals surface area contributed by atoms with Gasteiger partial charge >= 0.3 is 0 Å². The zero-order valence-corrected chi connectivity index (χ0v) is 12.2. The van der Waals surface area contributed by atoms with Gasteiger partial charge in [-0.05, 0) is 31.5 Å². The minimum Gasteiger partial charge on any atom is -0.487 e. The summed E-state index contributed by atoms with van der Waals surface area (Å²) in [7, 11) is 0. The molecule has 19 heavy (non-hydrogen) atoms. The van der Waals surface area contributed by atoms with E-state index in [1.54, 1.807) is 0 Å². The lowest BCUT2D eigenvalue weighted by Gasteiger charge is -2.44. The fourth-order valence-corrected chi connectivity index (χ4v) is 2.65. The summed E-state index contributed by atoms with van der Waals surface area (Å²) in [5, 5.41) is 3.46. The Morgan fingerprint density at radius 2 is 2.00 bits per heavy atom. The second-order valence-corrected chi connectivity index (χ2v) is 4.94. The highest BCUT2D eigenvalue weighted by Crippen LogP contribution is 2.30. The molecule has 1 saturated carbocycles. The molecule has 3 atom stereocenters. The van der Waals surface area contributed by atoms with Crippen molar-refractivity contribution in [3.63, 3.8) is 0 Å². The van der Waals surface area contributed by atoms with Crippen molar-refractivity contribution in [2.45, 2.75) is 51.9 Å². The first-order valence-corrected chi connectivity index (χ1v) is 7.39. The maximum atomic E-state index is 6.15. The number of aryl methyl sites for hydroxylation is 1. The van der Waals surface area contributed by atoms with E-state index in [0.717, 1.165) is 31.7 Å². The van der Waals surface area contributed by atoms with E-state index in [4.69, 9.17) is 9.47 Å². The van der Waals surface area contributed by atoms with Gasteiger partial charge in [-0.3, -0.25) is 0 Å². The Kier molecular flexibility index (Phi) is 5.23. The molecule has 1 aromatic carbocycles. The van der Waals surface area contributed by atoms with Gasteiger partial charge in [0.1, 0.15) is 18.0 Å². The summed E-state index contributed by atoms with van der Waals surface area (Å²) in [5.41, 5.74) is 1.27. The van der Waals surface area contributed by atoms with Gasteiger partial charge in [-0.2, -0.15) is 0 Å². The van der Waals surface area contributed by atoms with Crippen LogP contribution in [0.1, 0.15) is 32.8 Å². The van der Waals surface area contributed by atoms with Gasteiger partial charge in [0.25, 0.3) is 0 Å². The largest absolute Gasteiger partial charge is 0.487 e. The maximum Gasteiger partial charge on any atom is 0.128 e. The summed E-state index contributed by atoms with van der Waals surface area (Å²) < 4.78 is 12.0. The molecule has 1 aliphatic carbocycles. The molecule has 1 aromatic rings. The molecule has 0 heterocycles. The molecule has 2 rings (SSSR count). The van der Waals surface area contributed by atoms with Crippen LogP contribution in [0, 0.1) is 0 Å². The van der Waals surface area contributed by atoms with E-state index in [9.17, 15) is 0 Å². The van der Waals surface area contributed by atoms with Crippen LogP contribution in [0.3, 0.4) is 0 Å². The number of likely N-dealkylation sites (N-methyl/N-ethyl adjacent to an activating group) is 1. The lowest BCUT2D eigenvalue weighted by Crippen LogP contribution is -2.61. The Hall–Kier alpha value is -1.06. The molecular weight excluding hydrogens is 238 g/mol. The number of ether oxygens (including phenoxy) is 2. The van der Waals surface area contributed by atoms with Crippen molar-refractivity contribution in [3.8, 4) is 5.75 Å². The first kappa shape index (κ1) is 14.4. The van der Waals surface area contributed by atoms with Gasteiger partial charge in [0, 0.05) is 19.1 Å². The number of benzene rings is 1. The highest BCUT2D eigenvalue weighted by Gasteiger charge is 2.43. The molecule has 0 bridgehead atoms. The zero-order chi connectivity index (χ0) is 13.7. The fraction of sp³-hybridized carbons (Fsp3) is 0.625. The molecule has 1 fully saturated rings. The van der Waals surface area contributed by atoms with Crippen LogP contribution in [0.2, 0.25) is 0 Å². The van der Waals surface area contributed by atoms with E-state index >= 15 is 0 Å². The van der Waals surface area contributed by atoms with Crippen molar-refractivity contribution in [3.05, 3.63) is 29.8 Å². The second-order valence-electron chi connectivity index (χ2n) is 4.94. The van der Waals surface area contributed by atoms with Gasteiger partial charge in [-0.1, -0.05) is 32.0 Å². The van der Waals surface area contributed by atoms with E-state index in [1.807, 2.05) is 13.0 Å². The van der Waals surface area contributed by atoms with Crippen LogP contribution >= 0.6 is 0 Å². The van der Waals surface area contributed by atoms with E-state index in [0.29, 0.717) is 6.04 Å². The molecule has 0 saturated heterocycles. The molecule has 0 aromatic heterocycles. The third-order valence-electron chi connectivity index (χ3n) is 3.71. The molecule has 1 aliphatic rings. The van der Waals surface area contributed by atoms with Gasteiger partial charge < -0.3 is 14.8 Å². The lowest BCUT2D eigenvalue weighted by molar-refractivity contribution is -0.104. The quantitative estimate of drug-likeness (QED) is 0.820. The molecule has 0 aliphatic heterocycles. The normalized spacial score (nSPS) is 25.9. The van der Waals surface area contributed by atoms with Crippen molar-refractivity contribution < 1.29 is 9.47 Å². The van der Waals surface area contributed by atoms with Crippen LogP contribution < -0.4 is 10.1 Å². The lowest BCUT2D eigenvalue weighted by atomic mass is 9.85. The molecule has 106 valence electrons.